The number of allylic oxidation sites excluding steroid dienone is 4. The number of anilines is 6. The van der Waals surface area contributed by atoms with Gasteiger partial charge in [-0.1, -0.05) is 134 Å². The Morgan fingerprint density at radius 3 is 1.76 bits per heavy atom. The van der Waals surface area contributed by atoms with E-state index in [-0.39, 0.29) is 12.0 Å². The molecule has 12 rings (SSSR count). The summed E-state index contributed by atoms with van der Waals surface area (Å²) in [5, 5.41) is 2.24. The lowest BCUT2D eigenvalue weighted by molar-refractivity contribution is 0.267. The molecule has 0 N–H and O–H groups in total. The molecule has 9 aromatic rings. The van der Waals surface area contributed by atoms with Crippen molar-refractivity contribution in [3.8, 4) is 16.9 Å². The molecule has 296 valence electrons. The van der Waals surface area contributed by atoms with Gasteiger partial charge in [0.15, 0.2) is 0 Å². The second kappa shape index (κ2) is 15.0. The standard InChI is InChI=1S/C58H42N2O2/c1-5-13-39(14-6-1)41-21-25-45(26-22-41)59(43-17-9-3-10-18-43)47-29-31-51-55(37-47)61-53-35-33-50-49(57(51)53)34-36-54-58(50)52-32-30-48(38-56(52)62-54)60(44-19-11-4-12-20-44)46-27-23-42(24-28-46)40-15-7-2-8-16-40/h1-15,17-38,40,54,58H,16H2. The third-order valence-corrected chi connectivity index (χ3v) is 12.7. The van der Waals surface area contributed by atoms with Crippen LogP contribution in [0.15, 0.2) is 223 Å². The SMILES string of the molecule is C1=CCC(c2ccc(N(c3ccccc3)c3ccc4c(c3)OC3C=Cc5c(ccc6oc7cc(N(c8ccccc8)c8ccc(-c9ccccc9)cc8)ccc7c56)C43)cc2)C=C1. The molecule has 1 aliphatic heterocycles. The van der Waals surface area contributed by atoms with E-state index in [0.29, 0.717) is 5.92 Å². The molecule has 3 aliphatic rings. The largest absolute Gasteiger partial charge is 0.485 e. The molecule has 0 saturated carbocycles. The van der Waals surface area contributed by atoms with Crippen molar-refractivity contribution < 1.29 is 9.15 Å². The molecule has 0 spiro atoms. The molecule has 0 radical (unpaired) electrons. The van der Waals surface area contributed by atoms with Crippen molar-refractivity contribution in [1.82, 2.24) is 0 Å². The van der Waals surface area contributed by atoms with Crippen LogP contribution in [0.3, 0.4) is 0 Å². The molecule has 3 atom stereocenters. The fourth-order valence-corrected chi connectivity index (χ4v) is 9.77. The van der Waals surface area contributed by atoms with E-state index in [0.717, 1.165) is 68.2 Å². The van der Waals surface area contributed by atoms with Crippen LogP contribution in [0.1, 0.15) is 40.5 Å². The van der Waals surface area contributed by atoms with Gasteiger partial charge < -0.3 is 19.0 Å². The Kier molecular flexibility index (Phi) is 8.74. The lowest BCUT2D eigenvalue weighted by Gasteiger charge is -2.26. The molecule has 0 saturated heterocycles. The summed E-state index contributed by atoms with van der Waals surface area (Å²) in [6.45, 7) is 0. The fourth-order valence-electron chi connectivity index (χ4n) is 9.77. The monoisotopic (exact) mass is 798 g/mol. The highest BCUT2D eigenvalue weighted by Crippen LogP contribution is 2.51. The van der Waals surface area contributed by atoms with Gasteiger partial charge in [-0.25, -0.2) is 0 Å². The van der Waals surface area contributed by atoms with Crippen molar-refractivity contribution in [3.05, 3.63) is 241 Å². The summed E-state index contributed by atoms with van der Waals surface area (Å²) >= 11 is 0. The summed E-state index contributed by atoms with van der Waals surface area (Å²) in [4.78, 5) is 4.62. The maximum atomic E-state index is 6.81. The third kappa shape index (κ3) is 6.22. The Bertz CT molecular complexity index is 3180. The van der Waals surface area contributed by atoms with Crippen molar-refractivity contribution in [2.75, 3.05) is 9.80 Å². The van der Waals surface area contributed by atoms with Crippen LogP contribution < -0.4 is 14.5 Å². The zero-order valence-electron chi connectivity index (χ0n) is 34.0. The molecule has 4 heteroatoms. The topological polar surface area (TPSA) is 28.9 Å². The average Bonchev–Trinajstić information content (AvgIpc) is 3.91. The van der Waals surface area contributed by atoms with Crippen LogP contribution >= 0.6 is 0 Å². The summed E-state index contributed by atoms with van der Waals surface area (Å²) in [5.74, 6) is 1.40. The van der Waals surface area contributed by atoms with Gasteiger partial charge in [0, 0.05) is 68.5 Å². The number of hydrogen-bond donors (Lipinski definition) is 0. The minimum Gasteiger partial charge on any atom is -0.485 e. The van der Waals surface area contributed by atoms with Crippen molar-refractivity contribution in [3.63, 3.8) is 0 Å². The first-order valence-corrected chi connectivity index (χ1v) is 21.5. The molecule has 4 nitrogen and oxygen atoms in total. The second-order valence-electron chi connectivity index (χ2n) is 16.4. The first-order chi connectivity index (χ1) is 30.7. The average molecular weight is 799 g/mol. The van der Waals surface area contributed by atoms with Crippen LogP contribution in [-0.4, -0.2) is 6.10 Å². The maximum Gasteiger partial charge on any atom is 0.137 e. The van der Waals surface area contributed by atoms with Crippen molar-refractivity contribution in [1.29, 1.82) is 0 Å². The summed E-state index contributed by atoms with van der Waals surface area (Å²) in [6, 6.07) is 67.2. The fraction of sp³-hybridized carbons (Fsp3) is 0.0690. The summed E-state index contributed by atoms with van der Waals surface area (Å²) in [5.41, 5.74) is 15.6. The number of benzene rings is 8. The Labute approximate surface area is 361 Å². The molecule has 8 aromatic carbocycles. The number of rotatable bonds is 8. The number of furan rings is 1. The smallest absolute Gasteiger partial charge is 0.137 e. The first kappa shape index (κ1) is 36.1. The number of hydrogen-bond acceptors (Lipinski definition) is 4. The number of para-hydroxylation sites is 2. The van der Waals surface area contributed by atoms with Crippen LogP contribution in [0.2, 0.25) is 0 Å². The number of fused-ring (bicyclic) bond motifs is 9. The quantitative estimate of drug-likeness (QED) is 0.153. The highest BCUT2D eigenvalue weighted by Gasteiger charge is 2.38. The Hall–Kier alpha value is -7.82. The minimum absolute atomic E-state index is 0.0714. The minimum atomic E-state index is -0.0928. The van der Waals surface area contributed by atoms with Gasteiger partial charge in [-0.15, -0.1) is 0 Å². The maximum absolute atomic E-state index is 6.81. The highest BCUT2D eigenvalue weighted by atomic mass is 16.5. The molecule has 2 heterocycles. The molecule has 0 amide bonds. The predicted octanol–water partition coefficient (Wildman–Crippen LogP) is 15.7. The normalized spacial score (nSPS) is 17.1. The molecule has 0 bridgehead atoms. The van der Waals surface area contributed by atoms with Crippen molar-refractivity contribution in [2.45, 2.75) is 24.4 Å². The van der Waals surface area contributed by atoms with Gasteiger partial charge in [-0.05, 0) is 113 Å². The lowest BCUT2D eigenvalue weighted by atomic mass is 9.80. The number of ether oxygens (including phenoxy) is 1. The summed E-state index contributed by atoms with van der Waals surface area (Å²) in [7, 11) is 0. The van der Waals surface area contributed by atoms with Crippen molar-refractivity contribution >= 4 is 62.1 Å². The summed E-state index contributed by atoms with van der Waals surface area (Å²) in [6.07, 6.45) is 14.2. The van der Waals surface area contributed by atoms with Gasteiger partial charge in [0.25, 0.3) is 0 Å². The molecule has 62 heavy (non-hydrogen) atoms. The van der Waals surface area contributed by atoms with Crippen LogP contribution in [0.5, 0.6) is 5.75 Å². The number of nitrogens with zero attached hydrogens (tertiary/aromatic N) is 2. The van der Waals surface area contributed by atoms with E-state index >= 15 is 0 Å². The zero-order valence-corrected chi connectivity index (χ0v) is 34.0. The van der Waals surface area contributed by atoms with Gasteiger partial charge >= 0.3 is 0 Å². The van der Waals surface area contributed by atoms with Crippen LogP contribution in [0.4, 0.5) is 34.1 Å². The second-order valence-corrected chi connectivity index (χ2v) is 16.4. The van der Waals surface area contributed by atoms with Gasteiger partial charge in [-0.3, -0.25) is 0 Å². The Balaban J connectivity index is 0.892. The first-order valence-electron chi connectivity index (χ1n) is 21.5. The predicted molar refractivity (Wildman–Crippen MR) is 256 cm³/mol. The molecule has 1 aromatic heterocycles. The highest BCUT2D eigenvalue weighted by molar-refractivity contribution is 6.11. The van der Waals surface area contributed by atoms with E-state index in [1.165, 1.54) is 33.4 Å². The Morgan fingerprint density at radius 2 is 1.06 bits per heavy atom. The van der Waals surface area contributed by atoms with E-state index in [4.69, 9.17) is 9.15 Å². The Morgan fingerprint density at radius 1 is 0.468 bits per heavy atom. The molecular weight excluding hydrogens is 757 g/mol. The lowest BCUT2D eigenvalue weighted by Crippen LogP contribution is -2.20. The molecule has 3 unspecified atom stereocenters. The van der Waals surface area contributed by atoms with Gasteiger partial charge in [-0.2, -0.15) is 0 Å². The van der Waals surface area contributed by atoms with Crippen LogP contribution in [-0.2, 0) is 0 Å². The van der Waals surface area contributed by atoms with E-state index in [1.807, 2.05) is 0 Å². The van der Waals surface area contributed by atoms with Crippen LogP contribution in [0, 0.1) is 0 Å². The van der Waals surface area contributed by atoms with Gasteiger partial charge in [0.05, 0.1) is 5.92 Å². The van der Waals surface area contributed by atoms with Gasteiger partial charge in [0.1, 0.15) is 23.0 Å². The van der Waals surface area contributed by atoms with Crippen LogP contribution in [0.25, 0.3) is 39.1 Å². The third-order valence-electron chi connectivity index (χ3n) is 12.7. The van der Waals surface area contributed by atoms with E-state index < -0.39 is 0 Å². The van der Waals surface area contributed by atoms with Crippen molar-refractivity contribution in [2.24, 2.45) is 0 Å². The van der Waals surface area contributed by atoms with E-state index in [1.54, 1.807) is 0 Å². The van der Waals surface area contributed by atoms with Gasteiger partial charge in [0.2, 0.25) is 0 Å². The van der Waals surface area contributed by atoms with E-state index in [9.17, 15) is 0 Å². The zero-order chi connectivity index (χ0) is 41.0. The molecule has 0 fully saturated rings. The molecular formula is C58H42N2O2. The van der Waals surface area contributed by atoms with E-state index in [2.05, 4.69) is 234 Å². The summed E-state index contributed by atoms with van der Waals surface area (Å²) < 4.78 is 13.5. The molecule has 2 aliphatic carbocycles.